The molecule has 3 aromatic rings. The molecule has 1 heterocycles. The SMILES string of the molecule is CC[C@H](COc1cc(C)c(-c2ccc(C(F)(F)F)cc2)c(C)c1)c1ccc(C(=O)NCCC(=O)O)s1. The second-order valence-electron chi connectivity index (χ2n) is 8.53. The Bertz CT molecular complexity index is 1200. The molecule has 36 heavy (non-hydrogen) atoms. The monoisotopic (exact) mass is 519 g/mol. The first-order valence-corrected chi connectivity index (χ1v) is 12.3. The first-order valence-electron chi connectivity index (χ1n) is 11.5. The summed E-state index contributed by atoms with van der Waals surface area (Å²) in [6, 6.07) is 12.5. The highest BCUT2D eigenvalue weighted by Crippen LogP contribution is 2.35. The van der Waals surface area contributed by atoms with Crippen LogP contribution in [0.25, 0.3) is 11.1 Å². The third-order valence-corrected chi connectivity index (χ3v) is 7.07. The minimum absolute atomic E-state index is 0.0609. The number of hydrogen-bond donors (Lipinski definition) is 2. The molecule has 0 saturated heterocycles. The molecule has 2 N–H and O–H groups in total. The van der Waals surface area contributed by atoms with Crippen molar-refractivity contribution >= 4 is 23.2 Å². The normalized spacial score (nSPS) is 12.3. The number of thiophene rings is 1. The van der Waals surface area contributed by atoms with Gasteiger partial charge in [0, 0.05) is 17.3 Å². The van der Waals surface area contributed by atoms with Crippen LogP contribution in [0.1, 0.15) is 56.9 Å². The minimum atomic E-state index is -4.37. The van der Waals surface area contributed by atoms with Gasteiger partial charge in [0.2, 0.25) is 0 Å². The minimum Gasteiger partial charge on any atom is -0.493 e. The van der Waals surface area contributed by atoms with Crippen molar-refractivity contribution in [2.75, 3.05) is 13.2 Å². The molecule has 0 radical (unpaired) electrons. The number of halogens is 3. The van der Waals surface area contributed by atoms with Gasteiger partial charge in [-0.05, 0) is 78.9 Å². The lowest BCUT2D eigenvalue weighted by molar-refractivity contribution is -0.138. The molecule has 0 aliphatic rings. The predicted molar refractivity (Wildman–Crippen MR) is 134 cm³/mol. The van der Waals surface area contributed by atoms with Crippen LogP contribution in [0.15, 0.2) is 48.5 Å². The van der Waals surface area contributed by atoms with Crippen molar-refractivity contribution < 1.29 is 32.6 Å². The maximum absolute atomic E-state index is 12.9. The van der Waals surface area contributed by atoms with Crippen LogP contribution in [0, 0.1) is 13.8 Å². The standard InChI is InChI=1S/C27H28F3NO4S/c1-4-18(22-9-10-23(36-22)26(34)31-12-11-24(32)33)15-35-21-13-16(2)25(17(3)14-21)19-5-7-20(8-6-19)27(28,29)30/h5-10,13-14,18H,4,11-12,15H2,1-3H3,(H,31,34)(H,32,33)/t18-/m1/s1. The van der Waals surface area contributed by atoms with Gasteiger partial charge < -0.3 is 15.2 Å². The number of carbonyl (C=O) groups excluding carboxylic acids is 1. The van der Waals surface area contributed by atoms with Gasteiger partial charge in [-0.2, -0.15) is 13.2 Å². The number of alkyl halides is 3. The summed E-state index contributed by atoms with van der Waals surface area (Å²) >= 11 is 1.36. The van der Waals surface area contributed by atoms with E-state index in [2.05, 4.69) is 5.32 Å². The zero-order chi connectivity index (χ0) is 26.5. The van der Waals surface area contributed by atoms with Crippen LogP contribution in [-0.2, 0) is 11.0 Å². The average molecular weight is 520 g/mol. The summed E-state index contributed by atoms with van der Waals surface area (Å²) < 4.78 is 44.8. The van der Waals surface area contributed by atoms with E-state index in [-0.39, 0.29) is 24.8 Å². The Morgan fingerprint density at radius 3 is 2.25 bits per heavy atom. The van der Waals surface area contributed by atoms with Crippen molar-refractivity contribution in [3.05, 3.63) is 75.0 Å². The molecule has 1 aromatic heterocycles. The lowest BCUT2D eigenvalue weighted by Crippen LogP contribution is -2.25. The van der Waals surface area contributed by atoms with Gasteiger partial charge in [-0.1, -0.05) is 19.1 Å². The van der Waals surface area contributed by atoms with Crippen molar-refractivity contribution in [3.8, 4) is 16.9 Å². The lowest BCUT2D eigenvalue weighted by atomic mass is 9.94. The Balaban J connectivity index is 1.68. The first kappa shape index (κ1) is 27.3. The summed E-state index contributed by atoms with van der Waals surface area (Å²) in [7, 11) is 0. The Kier molecular flexibility index (Phi) is 8.79. The fraction of sp³-hybridized carbons (Fsp3) is 0.333. The summed E-state index contributed by atoms with van der Waals surface area (Å²) in [5, 5.41) is 11.3. The number of aryl methyl sites for hydroxylation is 2. The zero-order valence-electron chi connectivity index (χ0n) is 20.2. The number of carboxylic acid groups (broad SMARTS) is 1. The van der Waals surface area contributed by atoms with Gasteiger partial charge in [0.15, 0.2) is 0 Å². The highest BCUT2D eigenvalue weighted by molar-refractivity contribution is 7.14. The van der Waals surface area contributed by atoms with Crippen LogP contribution in [0.2, 0.25) is 0 Å². The van der Waals surface area contributed by atoms with E-state index in [1.54, 1.807) is 6.07 Å². The summed E-state index contributed by atoms with van der Waals surface area (Å²) in [5.41, 5.74) is 2.70. The van der Waals surface area contributed by atoms with E-state index >= 15 is 0 Å². The molecular weight excluding hydrogens is 491 g/mol. The number of nitrogens with one attached hydrogen (secondary N) is 1. The van der Waals surface area contributed by atoms with Crippen LogP contribution < -0.4 is 10.1 Å². The van der Waals surface area contributed by atoms with Crippen molar-refractivity contribution in [3.63, 3.8) is 0 Å². The third kappa shape index (κ3) is 6.87. The number of rotatable bonds is 10. The molecule has 2 aromatic carbocycles. The molecule has 9 heteroatoms. The highest BCUT2D eigenvalue weighted by Gasteiger charge is 2.30. The molecule has 192 valence electrons. The molecule has 1 amide bonds. The van der Waals surface area contributed by atoms with Gasteiger partial charge in [0.25, 0.3) is 5.91 Å². The summed E-state index contributed by atoms with van der Waals surface area (Å²) in [4.78, 5) is 24.4. The highest BCUT2D eigenvalue weighted by atomic mass is 32.1. The van der Waals surface area contributed by atoms with Crippen LogP contribution in [0.4, 0.5) is 13.2 Å². The van der Waals surface area contributed by atoms with Crippen LogP contribution in [0.3, 0.4) is 0 Å². The van der Waals surface area contributed by atoms with E-state index in [0.29, 0.717) is 22.8 Å². The van der Waals surface area contributed by atoms with E-state index in [9.17, 15) is 22.8 Å². The second kappa shape index (κ2) is 11.6. The second-order valence-corrected chi connectivity index (χ2v) is 9.64. The molecule has 1 atom stereocenters. The molecule has 0 saturated carbocycles. The maximum Gasteiger partial charge on any atom is 0.416 e. The molecule has 0 unspecified atom stereocenters. The Labute approximate surface area is 211 Å². The van der Waals surface area contributed by atoms with Crippen molar-refractivity contribution in [2.24, 2.45) is 0 Å². The fourth-order valence-electron chi connectivity index (χ4n) is 3.95. The van der Waals surface area contributed by atoms with Crippen LogP contribution in [-0.4, -0.2) is 30.1 Å². The number of ether oxygens (including phenoxy) is 1. The number of amides is 1. The smallest absolute Gasteiger partial charge is 0.416 e. The summed E-state index contributed by atoms with van der Waals surface area (Å²) in [6.45, 7) is 6.31. The van der Waals surface area contributed by atoms with Gasteiger partial charge in [-0.15, -0.1) is 11.3 Å². The third-order valence-electron chi connectivity index (χ3n) is 5.83. The lowest BCUT2D eigenvalue weighted by Gasteiger charge is -2.17. The largest absolute Gasteiger partial charge is 0.493 e. The van der Waals surface area contributed by atoms with Crippen LogP contribution >= 0.6 is 11.3 Å². The molecule has 0 bridgehead atoms. The number of aliphatic carboxylic acids is 1. The van der Waals surface area contributed by atoms with Gasteiger partial charge in [-0.25, -0.2) is 0 Å². The zero-order valence-corrected chi connectivity index (χ0v) is 21.1. The fourth-order valence-corrected chi connectivity index (χ4v) is 5.04. The Morgan fingerprint density at radius 2 is 1.69 bits per heavy atom. The number of benzene rings is 2. The Hall–Kier alpha value is -3.33. The Morgan fingerprint density at radius 1 is 1.06 bits per heavy atom. The van der Waals surface area contributed by atoms with E-state index in [1.807, 2.05) is 39.0 Å². The quantitative estimate of drug-likeness (QED) is 0.308. The summed E-state index contributed by atoms with van der Waals surface area (Å²) in [6.07, 6.45) is -3.71. The molecule has 0 aliphatic heterocycles. The van der Waals surface area contributed by atoms with Gasteiger partial charge in [0.05, 0.1) is 23.5 Å². The molecule has 0 spiro atoms. The topological polar surface area (TPSA) is 75.6 Å². The predicted octanol–water partition coefficient (Wildman–Crippen LogP) is 6.83. The molecule has 5 nitrogen and oxygen atoms in total. The van der Waals surface area contributed by atoms with Gasteiger partial charge in [-0.3, -0.25) is 9.59 Å². The molecule has 0 aliphatic carbocycles. The maximum atomic E-state index is 12.9. The summed E-state index contributed by atoms with van der Waals surface area (Å²) in [5.74, 6) is -0.537. The van der Waals surface area contributed by atoms with Crippen molar-refractivity contribution in [2.45, 2.75) is 45.7 Å². The van der Waals surface area contributed by atoms with Gasteiger partial charge in [0.1, 0.15) is 5.75 Å². The molecule has 3 rings (SSSR count). The number of carbonyl (C=O) groups is 2. The first-order chi connectivity index (χ1) is 17.0. The van der Waals surface area contributed by atoms with E-state index in [4.69, 9.17) is 9.84 Å². The average Bonchev–Trinajstić information content (AvgIpc) is 3.29. The number of hydrogen-bond acceptors (Lipinski definition) is 4. The molecular formula is C27H28F3NO4S. The van der Waals surface area contributed by atoms with Gasteiger partial charge >= 0.3 is 12.1 Å². The van der Waals surface area contributed by atoms with Crippen LogP contribution in [0.5, 0.6) is 5.75 Å². The van der Waals surface area contributed by atoms with E-state index in [0.717, 1.165) is 40.1 Å². The van der Waals surface area contributed by atoms with E-state index < -0.39 is 17.7 Å². The number of carboxylic acids is 1. The molecule has 0 fully saturated rings. The van der Waals surface area contributed by atoms with Crippen molar-refractivity contribution in [1.82, 2.24) is 5.32 Å². The van der Waals surface area contributed by atoms with Crippen molar-refractivity contribution in [1.29, 1.82) is 0 Å². The van der Waals surface area contributed by atoms with E-state index in [1.165, 1.54) is 23.5 Å².